The Balaban J connectivity index is 1.98. The molecule has 1 aromatic carbocycles. The summed E-state index contributed by atoms with van der Waals surface area (Å²) in [4.78, 5) is 15.3. The average Bonchev–Trinajstić information content (AvgIpc) is 2.51. The van der Waals surface area contributed by atoms with Crippen molar-refractivity contribution >= 4 is 11.7 Å². The molecule has 1 heterocycles. The minimum atomic E-state index is -4.73. The van der Waals surface area contributed by atoms with Gasteiger partial charge in [-0.1, -0.05) is 12.1 Å². The van der Waals surface area contributed by atoms with Crippen molar-refractivity contribution in [1.82, 2.24) is 10.4 Å². The molecule has 0 radical (unpaired) electrons. The summed E-state index contributed by atoms with van der Waals surface area (Å²) in [5.74, 6) is 4.70. The molecule has 0 fully saturated rings. The second-order valence-corrected chi connectivity index (χ2v) is 4.45. The first kappa shape index (κ1) is 16.6. The molecule has 1 amide bonds. The third kappa shape index (κ3) is 5.15. The third-order valence-corrected chi connectivity index (χ3v) is 2.76. The fourth-order valence-corrected chi connectivity index (χ4v) is 1.76. The maximum Gasteiger partial charge on any atom is 0.573 e. The van der Waals surface area contributed by atoms with E-state index in [9.17, 15) is 18.0 Å². The Labute approximate surface area is 129 Å². The Morgan fingerprint density at radius 1 is 1.26 bits per heavy atom. The van der Waals surface area contributed by atoms with Gasteiger partial charge in [0.1, 0.15) is 11.6 Å². The van der Waals surface area contributed by atoms with Gasteiger partial charge >= 0.3 is 6.36 Å². The summed E-state index contributed by atoms with van der Waals surface area (Å²) >= 11 is 0. The summed E-state index contributed by atoms with van der Waals surface area (Å²) < 4.78 is 40.3. The van der Waals surface area contributed by atoms with Crippen LogP contribution in [0.15, 0.2) is 42.6 Å². The van der Waals surface area contributed by atoms with Crippen LogP contribution < -0.4 is 21.3 Å². The van der Waals surface area contributed by atoms with Crippen LogP contribution in [0.5, 0.6) is 5.75 Å². The first-order valence-electron chi connectivity index (χ1n) is 6.43. The molecule has 0 saturated carbocycles. The molecule has 9 heteroatoms. The molecule has 0 bridgehead atoms. The summed E-state index contributed by atoms with van der Waals surface area (Å²) in [5.41, 5.74) is 2.85. The number of hydrazine groups is 1. The van der Waals surface area contributed by atoms with Gasteiger partial charge in [-0.15, -0.1) is 13.2 Å². The number of nitrogens with one attached hydrogen (secondary N) is 2. The van der Waals surface area contributed by atoms with Gasteiger partial charge in [0.2, 0.25) is 0 Å². The summed E-state index contributed by atoms with van der Waals surface area (Å²) in [6, 6.07) is 8.67. The van der Waals surface area contributed by atoms with Crippen LogP contribution in [0.1, 0.15) is 15.9 Å². The SMILES string of the molecule is NNC(=O)c1ccc(NCc2cccc(OC(F)(F)F)c2)nc1. The van der Waals surface area contributed by atoms with E-state index >= 15 is 0 Å². The topological polar surface area (TPSA) is 89.3 Å². The largest absolute Gasteiger partial charge is 0.573 e. The lowest BCUT2D eigenvalue weighted by molar-refractivity contribution is -0.274. The first-order valence-corrected chi connectivity index (χ1v) is 6.43. The number of carbonyl (C=O) groups excluding carboxylic acids is 1. The second-order valence-electron chi connectivity index (χ2n) is 4.45. The molecule has 0 unspecified atom stereocenters. The second kappa shape index (κ2) is 6.97. The maximum atomic E-state index is 12.2. The molecule has 6 nitrogen and oxygen atoms in total. The zero-order valence-electron chi connectivity index (χ0n) is 11.7. The zero-order valence-corrected chi connectivity index (χ0v) is 11.7. The van der Waals surface area contributed by atoms with E-state index in [4.69, 9.17) is 5.84 Å². The molecule has 0 aliphatic rings. The Bertz CT molecular complexity index is 674. The summed E-state index contributed by atoms with van der Waals surface area (Å²) in [7, 11) is 0. The van der Waals surface area contributed by atoms with Crippen molar-refractivity contribution in [3.8, 4) is 5.75 Å². The average molecular weight is 326 g/mol. The quantitative estimate of drug-likeness (QED) is 0.445. The van der Waals surface area contributed by atoms with Crippen molar-refractivity contribution < 1.29 is 22.7 Å². The van der Waals surface area contributed by atoms with E-state index in [2.05, 4.69) is 15.0 Å². The lowest BCUT2D eigenvalue weighted by atomic mass is 10.2. The molecule has 2 rings (SSSR count). The zero-order chi connectivity index (χ0) is 16.9. The number of carbonyl (C=O) groups is 1. The van der Waals surface area contributed by atoms with Crippen LogP contribution in [0.3, 0.4) is 0 Å². The molecule has 0 atom stereocenters. The number of amides is 1. The predicted octanol–water partition coefficient (Wildman–Crippen LogP) is 2.20. The number of ether oxygens (including phenoxy) is 1. The van der Waals surface area contributed by atoms with Gasteiger partial charge in [0.05, 0.1) is 5.56 Å². The number of nitrogen functional groups attached to an aromatic ring is 1. The lowest BCUT2D eigenvalue weighted by Crippen LogP contribution is -2.30. The summed E-state index contributed by atoms with van der Waals surface area (Å²) in [5, 5.41) is 2.92. The van der Waals surface area contributed by atoms with Gasteiger partial charge in [0.15, 0.2) is 0 Å². The normalized spacial score (nSPS) is 11.0. The van der Waals surface area contributed by atoms with E-state index in [1.807, 2.05) is 5.43 Å². The Hall–Kier alpha value is -2.81. The van der Waals surface area contributed by atoms with Gasteiger partial charge in [-0.25, -0.2) is 10.8 Å². The molecule has 23 heavy (non-hydrogen) atoms. The van der Waals surface area contributed by atoms with Crippen molar-refractivity contribution in [3.63, 3.8) is 0 Å². The number of rotatable bonds is 5. The van der Waals surface area contributed by atoms with Crippen LogP contribution in [0.2, 0.25) is 0 Å². The van der Waals surface area contributed by atoms with E-state index < -0.39 is 12.3 Å². The van der Waals surface area contributed by atoms with E-state index in [-0.39, 0.29) is 12.3 Å². The van der Waals surface area contributed by atoms with E-state index in [1.165, 1.54) is 30.5 Å². The summed E-state index contributed by atoms with van der Waals surface area (Å²) in [6.07, 6.45) is -3.40. The number of nitrogens with zero attached hydrogens (tertiary/aromatic N) is 1. The van der Waals surface area contributed by atoms with E-state index in [0.29, 0.717) is 16.9 Å². The van der Waals surface area contributed by atoms with Crippen LogP contribution in [-0.4, -0.2) is 17.3 Å². The van der Waals surface area contributed by atoms with Crippen molar-refractivity contribution in [2.45, 2.75) is 12.9 Å². The Kier molecular flexibility index (Phi) is 5.02. The molecular formula is C14H13F3N4O2. The maximum absolute atomic E-state index is 12.2. The highest BCUT2D eigenvalue weighted by atomic mass is 19.4. The fraction of sp³-hybridized carbons (Fsp3) is 0.143. The molecule has 0 aliphatic carbocycles. The third-order valence-electron chi connectivity index (χ3n) is 2.76. The van der Waals surface area contributed by atoms with Crippen molar-refractivity contribution in [2.24, 2.45) is 5.84 Å². The number of anilines is 1. The highest BCUT2D eigenvalue weighted by Crippen LogP contribution is 2.23. The highest BCUT2D eigenvalue weighted by molar-refractivity contribution is 5.93. The minimum Gasteiger partial charge on any atom is -0.406 e. The Morgan fingerprint density at radius 3 is 2.65 bits per heavy atom. The molecule has 122 valence electrons. The van der Waals surface area contributed by atoms with E-state index in [0.717, 1.165) is 0 Å². The van der Waals surface area contributed by atoms with Crippen molar-refractivity contribution in [1.29, 1.82) is 0 Å². The number of pyridine rings is 1. The summed E-state index contributed by atoms with van der Waals surface area (Å²) in [6.45, 7) is 0.241. The van der Waals surface area contributed by atoms with Gasteiger partial charge in [0, 0.05) is 12.7 Å². The van der Waals surface area contributed by atoms with E-state index in [1.54, 1.807) is 12.1 Å². The minimum absolute atomic E-state index is 0.241. The predicted molar refractivity (Wildman–Crippen MR) is 76.3 cm³/mol. The van der Waals surface area contributed by atoms with Gasteiger partial charge in [-0.2, -0.15) is 0 Å². The highest BCUT2D eigenvalue weighted by Gasteiger charge is 2.31. The molecule has 1 aromatic heterocycles. The number of alkyl halides is 3. The van der Waals surface area contributed by atoms with Crippen molar-refractivity contribution in [2.75, 3.05) is 5.32 Å². The molecular weight excluding hydrogens is 313 g/mol. The van der Waals surface area contributed by atoms with Crippen LogP contribution >= 0.6 is 0 Å². The smallest absolute Gasteiger partial charge is 0.406 e. The number of halogens is 3. The van der Waals surface area contributed by atoms with Gasteiger partial charge < -0.3 is 10.1 Å². The van der Waals surface area contributed by atoms with Crippen LogP contribution in [-0.2, 0) is 6.54 Å². The van der Waals surface area contributed by atoms with Crippen LogP contribution in [0.4, 0.5) is 19.0 Å². The van der Waals surface area contributed by atoms with Gasteiger partial charge in [-0.05, 0) is 29.8 Å². The first-order chi connectivity index (χ1) is 10.9. The fourth-order valence-electron chi connectivity index (χ4n) is 1.76. The molecule has 0 spiro atoms. The molecule has 0 saturated heterocycles. The van der Waals surface area contributed by atoms with Gasteiger partial charge in [-0.3, -0.25) is 10.2 Å². The number of nitrogens with two attached hydrogens (primary N) is 1. The number of aromatic nitrogens is 1. The Morgan fingerprint density at radius 2 is 2.04 bits per heavy atom. The standard InChI is InChI=1S/C14H13F3N4O2/c15-14(16,17)23-11-3-1-2-9(6-11)7-19-12-5-4-10(8-20-12)13(22)21-18/h1-6,8H,7,18H2,(H,19,20)(H,21,22). The van der Waals surface area contributed by atoms with Crippen molar-refractivity contribution in [3.05, 3.63) is 53.7 Å². The monoisotopic (exact) mass is 326 g/mol. The molecule has 4 N–H and O–H groups in total. The number of hydrogen-bond acceptors (Lipinski definition) is 5. The van der Waals surface area contributed by atoms with Crippen LogP contribution in [0.25, 0.3) is 0 Å². The lowest BCUT2D eigenvalue weighted by Gasteiger charge is -2.11. The molecule has 2 aromatic rings. The van der Waals surface area contributed by atoms with Gasteiger partial charge in [0.25, 0.3) is 5.91 Å². The number of benzene rings is 1. The van der Waals surface area contributed by atoms with Crippen LogP contribution in [0, 0.1) is 0 Å². The number of hydrogen-bond donors (Lipinski definition) is 3. The molecule has 0 aliphatic heterocycles.